The highest BCUT2D eigenvalue weighted by atomic mass is 35.5. The summed E-state index contributed by atoms with van der Waals surface area (Å²) >= 11 is 0. The van der Waals surface area contributed by atoms with Crippen LogP contribution in [0.15, 0.2) is 29.2 Å². The summed E-state index contributed by atoms with van der Waals surface area (Å²) in [5.74, 6) is -0.553. The van der Waals surface area contributed by atoms with Gasteiger partial charge < -0.3 is 16.0 Å². The molecule has 8 nitrogen and oxygen atoms in total. The van der Waals surface area contributed by atoms with Gasteiger partial charge in [-0.25, -0.2) is 8.42 Å². The van der Waals surface area contributed by atoms with Crippen LogP contribution >= 0.6 is 12.4 Å². The van der Waals surface area contributed by atoms with Crippen LogP contribution in [0.1, 0.15) is 17.3 Å². The average molecular weight is 391 g/mol. The van der Waals surface area contributed by atoms with Gasteiger partial charge in [0.05, 0.1) is 11.4 Å². The zero-order valence-corrected chi connectivity index (χ0v) is 15.8. The third kappa shape index (κ3) is 4.69. The van der Waals surface area contributed by atoms with E-state index in [0.29, 0.717) is 12.1 Å². The molecule has 25 heavy (non-hydrogen) atoms. The summed E-state index contributed by atoms with van der Waals surface area (Å²) < 4.78 is 26.2. The summed E-state index contributed by atoms with van der Waals surface area (Å²) in [5.41, 5.74) is 5.94. The molecule has 2 rings (SSSR count). The van der Waals surface area contributed by atoms with Crippen LogP contribution in [0.25, 0.3) is 0 Å². The molecule has 0 saturated carbocycles. The smallest absolute Gasteiger partial charge is 0.253 e. The van der Waals surface area contributed by atoms with Crippen LogP contribution in [0.2, 0.25) is 0 Å². The number of rotatable bonds is 5. The third-order valence-corrected chi connectivity index (χ3v) is 5.92. The van der Waals surface area contributed by atoms with Crippen LogP contribution in [-0.2, 0) is 14.8 Å². The van der Waals surface area contributed by atoms with Crippen molar-refractivity contribution in [2.75, 3.05) is 33.2 Å². The van der Waals surface area contributed by atoms with E-state index in [-0.39, 0.29) is 54.8 Å². The highest BCUT2D eigenvalue weighted by Gasteiger charge is 2.29. The monoisotopic (exact) mass is 390 g/mol. The van der Waals surface area contributed by atoms with E-state index in [1.807, 2.05) is 6.92 Å². The number of carbonyl (C=O) groups is 2. The van der Waals surface area contributed by atoms with E-state index in [1.54, 1.807) is 7.05 Å². The van der Waals surface area contributed by atoms with Crippen molar-refractivity contribution >= 4 is 34.2 Å². The maximum Gasteiger partial charge on any atom is 0.253 e. The quantitative estimate of drug-likeness (QED) is 0.713. The zero-order chi connectivity index (χ0) is 17.9. The van der Waals surface area contributed by atoms with Crippen LogP contribution in [-0.4, -0.2) is 68.7 Å². The molecule has 2 amide bonds. The van der Waals surface area contributed by atoms with Gasteiger partial charge in [-0.15, -0.1) is 12.4 Å². The Morgan fingerprint density at radius 2 is 1.96 bits per heavy atom. The van der Waals surface area contributed by atoms with Gasteiger partial charge in [0.25, 0.3) is 5.91 Å². The lowest BCUT2D eigenvalue weighted by Crippen LogP contribution is -2.49. The fourth-order valence-electron chi connectivity index (χ4n) is 2.30. The Labute approximate surface area is 153 Å². The number of benzene rings is 1. The van der Waals surface area contributed by atoms with Gasteiger partial charge in [-0.1, -0.05) is 0 Å². The first-order valence-electron chi connectivity index (χ1n) is 7.61. The molecule has 1 aliphatic rings. The van der Waals surface area contributed by atoms with Crippen molar-refractivity contribution in [2.24, 2.45) is 5.73 Å². The largest absolute Gasteiger partial charge is 0.354 e. The van der Waals surface area contributed by atoms with Gasteiger partial charge in [-0.05, 0) is 31.2 Å². The molecular weight excluding hydrogens is 368 g/mol. The van der Waals surface area contributed by atoms with E-state index < -0.39 is 10.0 Å². The lowest BCUT2D eigenvalue weighted by molar-refractivity contribution is -0.122. The predicted octanol–water partition coefficient (Wildman–Crippen LogP) is -0.352. The number of piperazine rings is 1. The lowest BCUT2D eigenvalue weighted by atomic mass is 10.2. The highest BCUT2D eigenvalue weighted by molar-refractivity contribution is 7.89. The summed E-state index contributed by atoms with van der Waals surface area (Å²) in [5, 5.41) is 2.58. The molecule has 1 heterocycles. The van der Waals surface area contributed by atoms with Crippen molar-refractivity contribution in [3.05, 3.63) is 29.8 Å². The second kappa shape index (κ2) is 8.61. The van der Waals surface area contributed by atoms with Gasteiger partial charge in [0, 0.05) is 38.3 Å². The molecule has 1 aromatic carbocycles. The molecule has 0 aliphatic carbocycles. The van der Waals surface area contributed by atoms with Crippen molar-refractivity contribution in [3.8, 4) is 0 Å². The number of hydrogen-bond donors (Lipinski definition) is 2. The Morgan fingerprint density at radius 1 is 1.36 bits per heavy atom. The first-order chi connectivity index (χ1) is 11.3. The van der Waals surface area contributed by atoms with E-state index in [9.17, 15) is 18.0 Å². The first kappa shape index (κ1) is 21.4. The summed E-state index contributed by atoms with van der Waals surface area (Å²) in [6.45, 7) is 2.49. The summed E-state index contributed by atoms with van der Waals surface area (Å²) in [4.78, 5) is 25.3. The number of amides is 2. The minimum Gasteiger partial charge on any atom is -0.354 e. The van der Waals surface area contributed by atoms with Gasteiger partial charge in [-0.3, -0.25) is 9.59 Å². The molecule has 0 spiro atoms. The van der Waals surface area contributed by atoms with Crippen LogP contribution < -0.4 is 11.1 Å². The molecule has 1 saturated heterocycles. The molecule has 140 valence electrons. The fourth-order valence-corrected chi connectivity index (χ4v) is 3.70. The minimum atomic E-state index is -3.75. The second-order valence-corrected chi connectivity index (χ2v) is 7.65. The number of carbonyl (C=O) groups excluding carboxylic acids is 2. The maximum absolute atomic E-state index is 12.5. The average Bonchev–Trinajstić information content (AvgIpc) is 2.59. The first-order valence-corrected chi connectivity index (χ1v) is 9.05. The summed E-state index contributed by atoms with van der Waals surface area (Å²) in [6.07, 6.45) is 0. The third-order valence-electron chi connectivity index (χ3n) is 4.06. The Balaban J connectivity index is 0.00000312. The van der Waals surface area contributed by atoms with Gasteiger partial charge in [0.2, 0.25) is 15.9 Å². The molecule has 1 fully saturated rings. The number of nitrogens with one attached hydrogen (secondary N) is 1. The summed E-state index contributed by atoms with van der Waals surface area (Å²) in [6, 6.07) is 5.59. The standard InChI is InChI=1S/C15H22N4O4S.ClH/c1-11(9-16)18(2)15(21)12-3-5-13(6-4-12)24(22,23)19-8-7-17-14(20)10-19;/h3-6,11H,7-10,16H2,1-2H3,(H,17,20);1H. The van der Waals surface area contributed by atoms with Crippen molar-refractivity contribution in [1.29, 1.82) is 0 Å². The van der Waals surface area contributed by atoms with E-state index >= 15 is 0 Å². The zero-order valence-electron chi connectivity index (χ0n) is 14.1. The summed E-state index contributed by atoms with van der Waals surface area (Å²) in [7, 11) is -2.10. The second-order valence-electron chi connectivity index (χ2n) is 5.71. The maximum atomic E-state index is 12.5. The Morgan fingerprint density at radius 3 is 2.48 bits per heavy atom. The number of sulfonamides is 1. The Kier molecular flexibility index (Phi) is 7.36. The van der Waals surface area contributed by atoms with Gasteiger partial charge in [0.15, 0.2) is 0 Å². The van der Waals surface area contributed by atoms with Gasteiger partial charge in [-0.2, -0.15) is 4.31 Å². The lowest BCUT2D eigenvalue weighted by Gasteiger charge is -2.26. The molecule has 1 unspecified atom stereocenters. The topological polar surface area (TPSA) is 113 Å². The normalized spacial score (nSPS) is 16.5. The number of likely N-dealkylation sites (N-methyl/N-ethyl adjacent to an activating group) is 1. The Bertz CT molecular complexity index is 724. The van der Waals surface area contributed by atoms with Crippen molar-refractivity contribution in [3.63, 3.8) is 0 Å². The molecule has 10 heteroatoms. The van der Waals surface area contributed by atoms with Gasteiger partial charge >= 0.3 is 0 Å². The number of halogens is 1. The highest BCUT2D eigenvalue weighted by Crippen LogP contribution is 2.18. The number of nitrogens with zero attached hydrogens (tertiary/aromatic N) is 2. The molecule has 1 aromatic rings. The van der Waals surface area contributed by atoms with Crippen molar-refractivity contribution in [1.82, 2.24) is 14.5 Å². The Hall–Kier alpha value is -1.68. The van der Waals surface area contributed by atoms with E-state index in [0.717, 1.165) is 4.31 Å². The molecule has 0 radical (unpaired) electrons. The van der Waals surface area contributed by atoms with Crippen molar-refractivity contribution < 1.29 is 18.0 Å². The molecular formula is C15H23ClN4O4S. The van der Waals surface area contributed by atoms with Crippen molar-refractivity contribution in [2.45, 2.75) is 17.9 Å². The van der Waals surface area contributed by atoms with Gasteiger partial charge in [0.1, 0.15) is 0 Å². The minimum absolute atomic E-state index is 0. The van der Waals surface area contributed by atoms with Crippen LogP contribution in [0.3, 0.4) is 0 Å². The number of hydrogen-bond acceptors (Lipinski definition) is 5. The SMILES string of the molecule is CC(CN)N(C)C(=O)c1ccc(S(=O)(=O)N2CCNC(=O)C2)cc1.Cl. The fraction of sp³-hybridized carbons (Fsp3) is 0.467. The molecule has 1 atom stereocenters. The number of nitrogens with two attached hydrogens (primary N) is 1. The molecule has 0 aromatic heterocycles. The van der Waals surface area contributed by atoms with E-state index in [2.05, 4.69) is 5.32 Å². The van der Waals surface area contributed by atoms with Crippen LogP contribution in [0, 0.1) is 0 Å². The molecule has 0 bridgehead atoms. The molecule has 3 N–H and O–H groups in total. The van der Waals surface area contributed by atoms with E-state index in [4.69, 9.17) is 5.73 Å². The van der Waals surface area contributed by atoms with E-state index in [1.165, 1.54) is 29.2 Å². The van der Waals surface area contributed by atoms with Crippen LogP contribution in [0.5, 0.6) is 0 Å². The predicted molar refractivity (Wildman–Crippen MR) is 96.1 cm³/mol. The molecule has 1 aliphatic heterocycles. The van der Waals surface area contributed by atoms with Crippen LogP contribution in [0.4, 0.5) is 0 Å².